The van der Waals surface area contributed by atoms with Gasteiger partial charge in [-0.3, -0.25) is 0 Å². The largest absolute Gasteiger partial charge is 0.313 e. The second-order valence-electron chi connectivity index (χ2n) is 3.62. The fraction of sp³-hybridized carbons (Fsp3) is 0.875. The van der Waals surface area contributed by atoms with Crippen molar-refractivity contribution in [2.75, 3.05) is 0 Å². The van der Waals surface area contributed by atoms with Crippen LogP contribution in [0.15, 0.2) is 0 Å². The lowest BCUT2D eigenvalue weighted by molar-refractivity contribution is 0.164. The van der Waals surface area contributed by atoms with E-state index < -0.39 is 0 Å². The summed E-state index contributed by atoms with van der Waals surface area (Å²) in [6.07, 6.45) is 5.46. The molecule has 0 aromatic heterocycles. The molecule has 10 heavy (non-hydrogen) atoms. The minimum absolute atomic E-state index is 0.613. The molecule has 0 aromatic rings. The molecule has 0 spiro atoms. The average molecular weight is 155 g/mol. The molecule has 2 heteroatoms. The first-order chi connectivity index (χ1) is 4.81. The molecule has 0 heterocycles. The number of hydrogen-bond donors (Lipinski definition) is 2. The van der Waals surface area contributed by atoms with Crippen LogP contribution >= 0.6 is 12.6 Å². The van der Waals surface area contributed by atoms with Crippen LogP contribution in [0.2, 0.25) is 0 Å². The van der Waals surface area contributed by atoms with Gasteiger partial charge in [0.15, 0.2) is 0 Å². The highest BCUT2D eigenvalue weighted by Gasteiger charge is 2.45. The maximum absolute atomic E-state index is 7.13. The third-order valence-electron chi connectivity index (χ3n) is 3.06. The molecule has 4 atom stereocenters. The Hall–Kier alpha value is 0.0200. The third kappa shape index (κ3) is 0.815. The Balaban J connectivity index is 1.99. The summed E-state index contributed by atoms with van der Waals surface area (Å²) in [5, 5.41) is 7.77. The molecule has 1 N–H and O–H groups in total. The fourth-order valence-electron chi connectivity index (χ4n) is 2.44. The lowest BCUT2D eigenvalue weighted by Gasteiger charge is -2.37. The van der Waals surface area contributed by atoms with Gasteiger partial charge in [0.2, 0.25) is 0 Å². The molecule has 0 amide bonds. The fourth-order valence-corrected chi connectivity index (χ4v) is 2.96. The smallest absolute Gasteiger partial charge is 0.00225 e. The summed E-state index contributed by atoms with van der Waals surface area (Å²) in [4.78, 5) is 0. The van der Waals surface area contributed by atoms with E-state index in [-0.39, 0.29) is 0 Å². The van der Waals surface area contributed by atoms with Crippen LogP contribution in [-0.2, 0) is 0 Å². The van der Waals surface area contributed by atoms with Gasteiger partial charge in [-0.1, -0.05) is 0 Å². The first-order valence-corrected chi connectivity index (χ1v) is 4.51. The van der Waals surface area contributed by atoms with Crippen molar-refractivity contribution >= 4 is 18.8 Å². The standard InChI is InChI=1S/C8H13NS/c9-4-6-1-5-2-7(10)3-8(5)6/h4-10H,1-3H2. The van der Waals surface area contributed by atoms with Crippen LogP contribution < -0.4 is 0 Å². The molecule has 4 unspecified atom stereocenters. The number of thiol groups is 1. The van der Waals surface area contributed by atoms with Crippen molar-refractivity contribution in [3.8, 4) is 0 Å². The van der Waals surface area contributed by atoms with Crippen LogP contribution in [-0.4, -0.2) is 11.5 Å². The van der Waals surface area contributed by atoms with Gasteiger partial charge < -0.3 is 5.41 Å². The minimum Gasteiger partial charge on any atom is -0.313 e. The van der Waals surface area contributed by atoms with Gasteiger partial charge in [0.1, 0.15) is 0 Å². The average Bonchev–Trinajstić information content (AvgIpc) is 2.15. The Kier molecular flexibility index (Phi) is 1.52. The summed E-state index contributed by atoms with van der Waals surface area (Å²) < 4.78 is 0. The number of fused-ring (bicyclic) bond motifs is 1. The van der Waals surface area contributed by atoms with Crippen molar-refractivity contribution in [3.63, 3.8) is 0 Å². The van der Waals surface area contributed by atoms with Gasteiger partial charge in [0.25, 0.3) is 0 Å². The van der Waals surface area contributed by atoms with E-state index in [1.165, 1.54) is 19.3 Å². The van der Waals surface area contributed by atoms with Crippen LogP contribution in [0, 0.1) is 23.2 Å². The molecule has 0 aromatic carbocycles. The summed E-state index contributed by atoms with van der Waals surface area (Å²) in [7, 11) is 0. The predicted molar refractivity (Wildman–Crippen MR) is 45.9 cm³/mol. The van der Waals surface area contributed by atoms with Gasteiger partial charge in [0.05, 0.1) is 0 Å². The zero-order chi connectivity index (χ0) is 7.14. The summed E-state index contributed by atoms with van der Waals surface area (Å²) in [6.45, 7) is 0. The molecule has 2 fully saturated rings. The summed E-state index contributed by atoms with van der Waals surface area (Å²) in [5.41, 5.74) is 0. The van der Waals surface area contributed by atoms with Gasteiger partial charge in [0, 0.05) is 5.25 Å². The Morgan fingerprint density at radius 1 is 1.30 bits per heavy atom. The topological polar surface area (TPSA) is 23.9 Å². The van der Waals surface area contributed by atoms with Crippen molar-refractivity contribution < 1.29 is 0 Å². The van der Waals surface area contributed by atoms with Gasteiger partial charge in [-0.05, 0) is 43.2 Å². The van der Waals surface area contributed by atoms with Crippen LogP contribution in [0.1, 0.15) is 19.3 Å². The SMILES string of the molecule is N=CC1CC2CC(S)CC12. The zero-order valence-corrected chi connectivity index (χ0v) is 6.85. The molecule has 0 aliphatic heterocycles. The Morgan fingerprint density at radius 3 is 2.70 bits per heavy atom. The molecule has 2 rings (SSSR count). The van der Waals surface area contributed by atoms with E-state index in [9.17, 15) is 0 Å². The van der Waals surface area contributed by atoms with Crippen molar-refractivity contribution in [2.24, 2.45) is 17.8 Å². The van der Waals surface area contributed by atoms with Gasteiger partial charge in [-0.15, -0.1) is 0 Å². The van der Waals surface area contributed by atoms with E-state index in [1.807, 2.05) is 0 Å². The van der Waals surface area contributed by atoms with E-state index in [0.717, 1.165) is 11.8 Å². The Labute approximate surface area is 67.1 Å². The highest BCUT2D eigenvalue weighted by Crippen LogP contribution is 2.51. The number of hydrogen-bond acceptors (Lipinski definition) is 2. The first kappa shape index (κ1) is 6.71. The van der Waals surface area contributed by atoms with Crippen molar-refractivity contribution in [1.29, 1.82) is 5.41 Å². The lowest BCUT2D eigenvalue weighted by Crippen LogP contribution is -2.33. The van der Waals surface area contributed by atoms with Crippen LogP contribution in [0.5, 0.6) is 0 Å². The third-order valence-corrected chi connectivity index (χ3v) is 3.49. The molecule has 0 radical (unpaired) electrons. The normalized spacial score (nSPS) is 51.7. The molecular formula is C8H13NS. The van der Waals surface area contributed by atoms with E-state index in [1.54, 1.807) is 6.21 Å². The van der Waals surface area contributed by atoms with E-state index in [2.05, 4.69) is 12.6 Å². The van der Waals surface area contributed by atoms with Crippen molar-refractivity contribution in [2.45, 2.75) is 24.5 Å². The second kappa shape index (κ2) is 2.26. The highest BCUT2D eigenvalue weighted by atomic mass is 32.1. The van der Waals surface area contributed by atoms with E-state index in [0.29, 0.717) is 11.2 Å². The second-order valence-corrected chi connectivity index (χ2v) is 4.35. The summed E-state index contributed by atoms with van der Waals surface area (Å²) >= 11 is 4.46. The number of nitrogens with one attached hydrogen (secondary N) is 1. The van der Waals surface area contributed by atoms with Crippen LogP contribution in [0.4, 0.5) is 0 Å². The Bertz CT molecular complexity index is 157. The van der Waals surface area contributed by atoms with E-state index >= 15 is 0 Å². The molecule has 2 saturated carbocycles. The summed E-state index contributed by atoms with van der Waals surface area (Å²) in [5.74, 6) is 2.37. The molecule has 1 nitrogen and oxygen atoms in total. The lowest BCUT2D eigenvalue weighted by atomic mass is 9.67. The molecular weight excluding hydrogens is 142 g/mol. The predicted octanol–water partition coefficient (Wildman–Crippen LogP) is 1.98. The first-order valence-electron chi connectivity index (χ1n) is 4.00. The monoisotopic (exact) mass is 155 g/mol. The summed E-state index contributed by atoms with van der Waals surface area (Å²) in [6, 6.07) is 0. The quantitative estimate of drug-likeness (QED) is 0.427. The Morgan fingerprint density at radius 2 is 2.10 bits per heavy atom. The van der Waals surface area contributed by atoms with Crippen molar-refractivity contribution in [3.05, 3.63) is 0 Å². The maximum Gasteiger partial charge on any atom is 0.00225 e. The van der Waals surface area contributed by atoms with Crippen LogP contribution in [0.3, 0.4) is 0 Å². The zero-order valence-electron chi connectivity index (χ0n) is 5.96. The van der Waals surface area contributed by atoms with Gasteiger partial charge in [-0.2, -0.15) is 12.6 Å². The molecule has 0 bridgehead atoms. The molecule has 2 aliphatic carbocycles. The molecule has 56 valence electrons. The molecule has 0 saturated heterocycles. The van der Waals surface area contributed by atoms with Crippen molar-refractivity contribution in [1.82, 2.24) is 0 Å². The van der Waals surface area contributed by atoms with Crippen LogP contribution in [0.25, 0.3) is 0 Å². The van der Waals surface area contributed by atoms with E-state index in [4.69, 9.17) is 5.41 Å². The minimum atomic E-state index is 0.613. The molecule has 2 aliphatic rings. The number of rotatable bonds is 1. The van der Waals surface area contributed by atoms with Gasteiger partial charge >= 0.3 is 0 Å². The highest BCUT2D eigenvalue weighted by molar-refractivity contribution is 7.80. The maximum atomic E-state index is 7.13. The van der Waals surface area contributed by atoms with Gasteiger partial charge in [-0.25, -0.2) is 0 Å².